The van der Waals surface area contributed by atoms with E-state index >= 15 is 0 Å². The standard InChI is InChI=1S/C14H18F2N2O2/c1-3-4-7-17-14(20)9-18(10(2)19)13-6-5-11(15)8-12(13)16/h5-6,8H,3-4,7,9H2,1-2H3,(H,17,20). The Balaban J connectivity index is 2.79. The van der Waals surface area contributed by atoms with Crippen LogP contribution in [0.15, 0.2) is 18.2 Å². The van der Waals surface area contributed by atoms with E-state index in [0.717, 1.165) is 29.9 Å². The summed E-state index contributed by atoms with van der Waals surface area (Å²) >= 11 is 0. The van der Waals surface area contributed by atoms with Gasteiger partial charge in [0, 0.05) is 19.5 Å². The number of nitrogens with zero attached hydrogens (tertiary/aromatic N) is 1. The number of amides is 2. The van der Waals surface area contributed by atoms with Gasteiger partial charge in [0.15, 0.2) is 0 Å². The number of benzene rings is 1. The van der Waals surface area contributed by atoms with E-state index in [0.29, 0.717) is 12.6 Å². The van der Waals surface area contributed by atoms with Gasteiger partial charge in [-0.25, -0.2) is 8.78 Å². The van der Waals surface area contributed by atoms with Crippen molar-refractivity contribution in [3.05, 3.63) is 29.8 Å². The number of unbranched alkanes of at least 4 members (excludes halogenated alkanes) is 1. The molecule has 110 valence electrons. The number of halogens is 2. The number of rotatable bonds is 6. The summed E-state index contributed by atoms with van der Waals surface area (Å²) in [5.41, 5.74) is -0.107. The van der Waals surface area contributed by atoms with Gasteiger partial charge in [-0.1, -0.05) is 13.3 Å². The Morgan fingerprint density at radius 2 is 2.00 bits per heavy atom. The first-order valence-corrected chi connectivity index (χ1v) is 6.45. The Bertz CT molecular complexity index is 492. The van der Waals surface area contributed by atoms with E-state index in [1.54, 1.807) is 0 Å². The smallest absolute Gasteiger partial charge is 0.240 e. The second-order valence-electron chi connectivity index (χ2n) is 4.40. The van der Waals surface area contributed by atoms with Crippen LogP contribution < -0.4 is 10.2 Å². The van der Waals surface area contributed by atoms with Crippen molar-refractivity contribution in [3.8, 4) is 0 Å². The fourth-order valence-corrected chi connectivity index (χ4v) is 1.67. The molecule has 1 aromatic carbocycles. The molecule has 0 aromatic heterocycles. The highest BCUT2D eigenvalue weighted by atomic mass is 19.1. The number of hydrogen-bond donors (Lipinski definition) is 1. The number of carbonyl (C=O) groups is 2. The van der Waals surface area contributed by atoms with Gasteiger partial charge in [-0.3, -0.25) is 9.59 Å². The lowest BCUT2D eigenvalue weighted by molar-refractivity contribution is -0.123. The third kappa shape index (κ3) is 4.60. The highest BCUT2D eigenvalue weighted by molar-refractivity contribution is 5.97. The third-order valence-electron chi connectivity index (χ3n) is 2.73. The van der Waals surface area contributed by atoms with Crippen LogP contribution in [0.3, 0.4) is 0 Å². The van der Waals surface area contributed by atoms with Crippen LogP contribution >= 0.6 is 0 Å². The summed E-state index contributed by atoms with van der Waals surface area (Å²) in [5.74, 6) is -2.47. The molecule has 0 fully saturated rings. The zero-order valence-corrected chi connectivity index (χ0v) is 11.6. The average molecular weight is 284 g/mol. The SMILES string of the molecule is CCCCNC(=O)CN(C(C)=O)c1ccc(F)cc1F. The van der Waals surface area contributed by atoms with Crippen LogP contribution in [-0.4, -0.2) is 24.9 Å². The zero-order chi connectivity index (χ0) is 15.1. The predicted octanol–water partition coefficient (Wildman–Crippen LogP) is 2.23. The Morgan fingerprint density at radius 3 is 2.55 bits per heavy atom. The van der Waals surface area contributed by atoms with Gasteiger partial charge in [-0.15, -0.1) is 0 Å². The first-order chi connectivity index (χ1) is 9.45. The Kier molecular flexibility index (Phi) is 6.09. The summed E-state index contributed by atoms with van der Waals surface area (Å²) in [6, 6.07) is 2.87. The minimum atomic E-state index is -0.874. The van der Waals surface area contributed by atoms with Crippen molar-refractivity contribution < 1.29 is 18.4 Å². The fraction of sp³-hybridized carbons (Fsp3) is 0.429. The quantitative estimate of drug-likeness (QED) is 0.814. The van der Waals surface area contributed by atoms with Crippen molar-refractivity contribution in [2.75, 3.05) is 18.0 Å². The Hall–Kier alpha value is -1.98. The van der Waals surface area contributed by atoms with Crippen LogP contribution in [0.4, 0.5) is 14.5 Å². The highest BCUT2D eigenvalue weighted by Gasteiger charge is 2.19. The van der Waals surface area contributed by atoms with Gasteiger partial charge in [0.1, 0.15) is 18.2 Å². The zero-order valence-electron chi connectivity index (χ0n) is 11.6. The summed E-state index contributed by atoms with van der Waals surface area (Å²) in [7, 11) is 0. The summed E-state index contributed by atoms with van der Waals surface area (Å²) < 4.78 is 26.5. The average Bonchev–Trinajstić information content (AvgIpc) is 2.37. The van der Waals surface area contributed by atoms with Crippen LogP contribution in [0.5, 0.6) is 0 Å². The topological polar surface area (TPSA) is 49.4 Å². The monoisotopic (exact) mass is 284 g/mol. The van der Waals surface area contributed by atoms with Gasteiger partial charge >= 0.3 is 0 Å². The second kappa shape index (κ2) is 7.57. The van der Waals surface area contributed by atoms with Crippen molar-refractivity contribution in [2.24, 2.45) is 0 Å². The summed E-state index contributed by atoms with van der Waals surface area (Å²) in [5, 5.41) is 2.64. The summed E-state index contributed by atoms with van der Waals surface area (Å²) in [6.07, 6.45) is 1.76. The van der Waals surface area contributed by atoms with Gasteiger partial charge in [-0.2, -0.15) is 0 Å². The van der Waals surface area contributed by atoms with E-state index in [1.807, 2.05) is 6.92 Å². The van der Waals surface area contributed by atoms with Crippen LogP contribution in [-0.2, 0) is 9.59 Å². The molecule has 6 heteroatoms. The molecule has 0 aliphatic heterocycles. The van der Waals surface area contributed by atoms with Crippen molar-refractivity contribution in [3.63, 3.8) is 0 Å². The molecule has 4 nitrogen and oxygen atoms in total. The molecule has 0 unspecified atom stereocenters. The van der Waals surface area contributed by atoms with Crippen LogP contribution in [0.1, 0.15) is 26.7 Å². The minimum absolute atomic E-state index is 0.107. The number of nitrogens with one attached hydrogen (secondary N) is 1. The largest absolute Gasteiger partial charge is 0.355 e. The first-order valence-electron chi connectivity index (χ1n) is 6.45. The second-order valence-corrected chi connectivity index (χ2v) is 4.40. The van der Waals surface area contributed by atoms with Crippen LogP contribution in [0.2, 0.25) is 0 Å². The highest BCUT2D eigenvalue weighted by Crippen LogP contribution is 2.20. The Morgan fingerprint density at radius 1 is 1.30 bits per heavy atom. The lowest BCUT2D eigenvalue weighted by Gasteiger charge is -2.21. The van der Waals surface area contributed by atoms with Crippen molar-refractivity contribution in [2.45, 2.75) is 26.7 Å². The molecule has 0 saturated carbocycles. The Labute approximate surface area is 116 Å². The first kappa shape index (κ1) is 16.1. The van der Waals surface area contributed by atoms with Gasteiger partial charge in [0.05, 0.1) is 5.69 Å². The molecular weight excluding hydrogens is 266 g/mol. The molecule has 0 spiro atoms. The minimum Gasteiger partial charge on any atom is -0.355 e. The number of carbonyl (C=O) groups excluding carboxylic acids is 2. The summed E-state index contributed by atoms with van der Waals surface area (Å²) in [6.45, 7) is 3.43. The van der Waals surface area contributed by atoms with Crippen LogP contribution in [0, 0.1) is 11.6 Å². The van der Waals surface area contributed by atoms with E-state index < -0.39 is 17.5 Å². The molecular formula is C14H18F2N2O2. The van der Waals surface area contributed by atoms with E-state index in [9.17, 15) is 18.4 Å². The maximum absolute atomic E-state index is 13.7. The normalized spacial score (nSPS) is 10.2. The molecule has 1 aromatic rings. The third-order valence-corrected chi connectivity index (χ3v) is 2.73. The van der Waals surface area contributed by atoms with E-state index in [4.69, 9.17) is 0 Å². The predicted molar refractivity (Wildman–Crippen MR) is 72.3 cm³/mol. The molecule has 20 heavy (non-hydrogen) atoms. The molecule has 0 atom stereocenters. The molecule has 1 N–H and O–H groups in total. The van der Waals surface area contributed by atoms with Gasteiger partial charge in [-0.05, 0) is 18.6 Å². The molecule has 0 aliphatic rings. The summed E-state index contributed by atoms with van der Waals surface area (Å²) in [4.78, 5) is 24.2. The fourth-order valence-electron chi connectivity index (χ4n) is 1.67. The van der Waals surface area contributed by atoms with E-state index in [-0.39, 0.29) is 18.1 Å². The van der Waals surface area contributed by atoms with Crippen molar-refractivity contribution in [1.82, 2.24) is 5.32 Å². The van der Waals surface area contributed by atoms with E-state index in [2.05, 4.69) is 5.32 Å². The lowest BCUT2D eigenvalue weighted by Crippen LogP contribution is -2.40. The molecule has 0 bridgehead atoms. The molecule has 0 radical (unpaired) electrons. The molecule has 2 amide bonds. The number of hydrogen-bond acceptors (Lipinski definition) is 2. The van der Waals surface area contributed by atoms with Crippen molar-refractivity contribution in [1.29, 1.82) is 0 Å². The number of anilines is 1. The van der Waals surface area contributed by atoms with Gasteiger partial charge < -0.3 is 10.2 Å². The van der Waals surface area contributed by atoms with Crippen LogP contribution in [0.25, 0.3) is 0 Å². The maximum Gasteiger partial charge on any atom is 0.240 e. The van der Waals surface area contributed by atoms with E-state index in [1.165, 1.54) is 6.92 Å². The van der Waals surface area contributed by atoms with Crippen molar-refractivity contribution >= 4 is 17.5 Å². The molecule has 0 heterocycles. The molecule has 0 aliphatic carbocycles. The maximum atomic E-state index is 13.7. The molecule has 1 rings (SSSR count). The lowest BCUT2D eigenvalue weighted by atomic mass is 10.2. The van der Waals surface area contributed by atoms with Gasteiger partial charge in [0.2, 0.25) is 11.8 Å². The molecule has 0 saturated heterocycles. The van der Waals surface area contributed by atoms with Gasteiger partial charge in [0.25, 0.3) is 0 Å².